The Morgan fingerprint density at radius 2 is 1.66 bits per heavy atom. The largest absolute Gasteiger partial charge is 0.466 e. The van der Waals surface area contributed by atoms with Gasteiger partial charge in [-0.15, -0.1) is 0 Å². The van der Waals surface area contributed by atoms with Crippen LogP contribution in [0, 0.1) is 5.92 Å². The number of esters is 1. The van der Waals surface area contributed by atoms with E-state index in [0.29, 0.717) is 31.5 Å². The van der Waals surface area contributed by atoms with Crippen LogP contribution in [0.25, 0.3) is 0 Å². The van der Waals surface area contributed by atoms with Crippen LogP contribution in [0.3, 0.4) is 0 Å². The second kappa shape index (κ2) is 10.6. The van der Waals surface area contributed by atoms with Crippen LogP contribution in [0.2, 0.25) is 0 Å². The number of carbonyl (C=O) groups is 1. The van der Waals surface area contributed by atoms with Crippen LogP contribution in [-0.4, -0.2) is 25.7 Å². The van der Waals surface area contributed by atoms with Crippen molar-refractivity contribution in [3.63, 3.8) is 0 Å². The maximum Gasteiger partial charge on any atom is 0.416 e. The zero-order valence-corrected chi connectivity index (χ0v) is 19.3. The van der Waals surface area contributed by atoms with Gasteiger partial charge in [-0.3, -0.25) is 4.79 Å². The van der Waals surface area contributed by atoms with Gasteiger partial charge in [0, 0.05) is 6.54 Å². The Hall–Kier alpha value is -2.59. The number of hydrogen-bond acceptors (Lipinski definition) is 4. The minimum Gasteiger partial charge on any atom is -0.466 e. The lowest BCUT2D eigenvalue weighted by Crippen LogP contribution is -2.53. The lowest BCUT2D eigenvalue weighted by molar-refractivity contribution is -0.150. The molecule has 192 valence electrons. The average Bonchev–Trinajstić information content (AvgIpc) is 2.82. The molecule has 1 aliphatic rings. The first kappa shape index (κ1) is 27.0. The van der Waals surface area contributed by atoms with E-state index in [-0.39, 0.29) is 36.7 Å². The van der Waals surface area contributed by atoms with E-state index in [9.17, 15) is 31.1 Å². The standard InChI is InChI=1S/C25H27F6NO3/c1-3-34-22(33)17-9-10-23(32-14-17,19-7-5-4-6-8-19)15-35-16(2)18-11-20(24(26,27)28)13-21(12-18)25(29,30)31/h4-8,11-13,16-17,32H,3,9-10,14-15H2,1-2H3/t16-,17-,23-/m1/s1. The van der Waals surface area contributed by atoms with Gasteiger partial charge in [0.2, 0.25) is 0 Å². The number of ether oxygens (including phenoxy) is 2. The van der Waals surface area contributed by atoms with Crippen LogP contribution in [0.4, 0.5) is 26.3 Å². The summed E-state index contributed by atoms with van der Waals surface area (Å²) < 4.78 is 90.5. The number of rotatable bonds is 7. The summed E-state index contributed by atoms with van der Waals surface area (Å²) in [7, 11) is 0. The molecule has 0 amide bonds. The minimum atomic E-state index is -4.94. The molecule has 3 atom stereocenters. The Morgan fingerprint density at radius 3 is 2.14 bits per heavy atom. The molecule has 1 fully saturated rings. The Labute approximate surface area is 199 Å². The zero-order valence-electron chi connectivity index (χ0n) is 19.3. The van der Waals surface area contributed by atoms with E-state index in [2.05, 4.69) is 5.32 Å². The first-order valence-electron chi connectivity index (χ1n) is 11.2. The molecule has 0 aromatic heterocycles. The number of carbonyl (C=O) groups excluding carboxylic acids is 1. The molecule has 4 nitrogen and oxygen atoms in total. The maximum absolute atomic E-state index is 13.3. The molecule has 1 aliphatic heterocycles. The Balaban J connectivity index is 1.84. The molecule has 1 saturated heterocycles. The van der Waals surface area contributed by atoms with E-state index in [1.54, 1.807) is 6.92 Å². The van der Waals surface area contributed by atoms with Gasteiger partial charge < -0.3 is 14.8 Å². The fraction of sp³-hybridized carbons (Fsp3) is 0.480. The Bertz CT molecular complexity index is 966. The molecule has 3 rings (SSSR count). The lowest BCUT2D eigenvalue weighted by atomic mass is 9.79. The van der Waals surface area contributed by atoms with E-state index in [1.165, 1.54) is 6.92 Å². The normalized spacial score (nSPS) is 22.0. The monoisotopic (exact) mass is 503 g/mol. The van der Waals surface area contributed by atoms with Crippen molar-refractivity contribution in [1.29, 1.82) is 0 Å². The van der Waals surface area contributed by atoms with E-state index >= 15 is 0 Å². The number of halogens is 6. The van der Waals surface area contributed by atoms with E-state index in [1.807, 2.05) is 30.3 Å². The van der Waals surface area contributed by atoms with Gasteiger partial charge in [-0.25, -0.2) is 0 Å². The molecule has 35 heavy (non-hydrogen) atoms. The second-order valence-corrected chi connectivity index (χ2v) is 8.61. The number of piperidine rings is 1. The molecular formula is C25H27F6NO3. The van der Waals surface area contributed by atoms with Crippen LogP contribution in [0.15, 0.2) is 48.5 Å². The predicted octanol–water partition coefficient (Wildman–Crippen LogP) is 6.26. The molecular weight excluding hydrogens is 476 g/mol. The third kappa shape index (κ3) is 6.55. The SMILES string of the molecule is CCOC(=O)[C@@H]1CC[C@@](CO[C@H](C)c2cc(C(F)(F)F)cc(C(F)(F)F)c2)(c2ccccc2)NC1. The van der Waals surface area contributed by atoms with Crippen molar-refractivity contribution in [3.05, 3.63) is 70.8 Å². The van der Waals surface area contributed by atoms with Crippen molar-refractivity contribution < 1.29 is 40.6 Å². The molecule has 0 radical (unpaired) electrons. The Kier molecular flexibility index (Phi) is 8.16. The topological polar surface area (TPSA) is 47.6 Å². The van der Waals surface area contributed by atoms with Crippen LogP contribution in [0.1, 0.15) is 55.0 Å². The minimum absolute atomic E-state index is 0.0225. The highest BCUT2D eigenvalue weighted by atomic mass is 19.4. The first-order chi connectivity index (χ1) is 16.4. The number of hydrogen-bond donors (Lipinski definition) is 1. The van der Waals surface area contributed by atoms with Gasteiger partial charge in [-0.1, -0.05) is 30.3 Å². The second-order valence-electron chi connectivity index (χ2n) is 8.61. The molecule has 0 unspecified atom stereocenters. The molecule has 1 heterocycles. The van der Waals surface area contributed by atoms with E-state index in [0.717, 1.165) is 5.56 Å². The van der Waals surface area contributed by atoms with Crippen LogP contribution >= 0.6 is 0 Å². The van der Waals surface area contributed by atoms with Crippen molar-refractivity contribution in [1.82, 2.24) is 5.32 Å². The molecule has 0 aliphatic carbocycles. The highest BCUT2D eigenvalue weighted by molar-refractivity contribution is 5.72. The summed E-state index contributed by atoms with van der Waals surface area (Å²) in [5, 5.41) is 3.33. The van der Waals surface area contributed by atoms with Crippen LogP contribution in [0.5, 0.6) is 0 Å². The van der Waals surface area contributed by atoms with Crippen molar-refractivity contribution in [2.75, 3.05) is 19.8 Å². The van der Waals surface area contributed by atoms with Gasteiger partial charge in [-0.05, 0) is 56.0 Å². The Morgan fingerprint density at radius 1 is 1.06 bits per heavy atom. The third-order valence-electron chi connectivity index (χ3n) is 6.21. The van der Waals surface area contributed by atoms with E-state index in [4.69, 9.17) is 9.47 Å². The van der Waals surface area contributed by atoms with Gasteiger partial charge in [-0.2, -0.15) is 26.3 Å². The highest BCUT2D eigenvalue weighted by Gasteiger charge is 2.41. The van der Waals surface area contributed by atoms with Gasteiger partial charge in [0.1, 0.15) is 0 Å². The van der Waals surface area contributed by atoms with Crippen molar-refractivity contribution in [3.8, 4) is 0 Å². The lowest BCUT2D eigenvalue weighted by Gasteiger charge is -2.41. The van der Waals surface area contributed by atoms with Crippen LogP contribution in [-0.2, 0) is 32.2 Å². The van der Waals surface area contributed by atoms with Gasteiger partial charge in [0.25, 0.3) is 0 Å². The van der Waals surface area contributed by atoms with Crippen molar-refractivity contribution in [2.45, 2.75) is 50.7 Å². The summed E-state index contributed by atoms with van der Waals surface area (Å²) in [4.78, 5) is 12.1. The molecule has 0 bridgehead atoms. The summed E-state index contributed by atoms with van der Waals surface area (Å²) in [5.74, 6) is -0.679. The smallest absolute Gasteiger partial charge is 0.416 e. The molecule has 1 N–H and O–H groups in total. The maximum atomic E-state index is 13.3. The van der Waals surface area contributed by atoms with Crippen molar-refractivity contribution in [2.24, 2.45) is 5.92 Å². The molecule has 0 spiro atoms. The number of benzene rings is 2. The fourth-order valence-electron chi connectivity index (χ4n) is 4.18. The van der Waals surface area contributed by atoms with Gasteiger partial charge in [0.05, 0.1) is 41.9 Å². The molecule has 2 aromatic rings. The van der Waals surface area contributed by atoms with E-state index < -0.39 is 35.1 Å². The fourth-order valence-corrected chi connectivity index (χ4v) is 4.18. The summed E-state index contributed by atoms with van der Waals surface area (Å²) in [6, 6.07) is 10.6. The molecule has 0 saturated carbocycles. The molecule has 2 aromatic carbocycles. The third-order valence-corrected chi connectivity index (χ3v) is 6.21. The molecule has 10 heteroatoms. The van der Waals surface area contributed by atoms with Crippen LogP contribution < -0.4 is 5.32 Å². The average molecular weight is 503 g/mol. The van der Waals surface area contributed by atoms with Gasteiger partial charge >= 0.3 is 18.3 Å². The number of nitrogens with one attached hydrogen (secondary N) is 1. The summed E-state index contributed by atoms with van der Waals surface area (Å²) in [5.41, 5.74) is -2.93. The van der Waals surface area contributed by atoms with Gasteiger partial charge in [0.15, 0.2) is 0 Å². The first-order valence-corrected chi connectivity index (χ1v) is 11.2. The zero-order chi connectivity index (χ0) is 25.9. The summed E-state index contributed by atoms with van der Waals surface area (Å²) in [6.45, 7) is 3.67. The quantitative estimate of drug-likeness (QED) is 0.358. The highest BCUT2D eigenvalue weighted by Crippen LogP contribution is 2.39. The summed E-state index contributed by atoms with van der Waals surface area (Å²) >= 11 is 0. The summed E-state index contributed by atoms with van der Waals surface area (Å²) in [6.07, 6.45) is -9.98. The number of alkyl halides is 6. The van der Waals surface area contributed by atoms with Crippen molar-refractivity contribution >= 4 is 5.97 Å². The predicted molar refractivity (Wildman–Crippen MR) is 116 cm³/mol.